The number of hydrogen-bond donors (Lipinski definition) is 0. The van der Waals surface area contributed by atoms with E-state index in [1.807, 2.05) is 55.7 Å². The van der Waals surface area contributed by atoms with Gasteiger partial charge in [-0.25, -0.2) is 8.42 Å². The van der Waals surface area contributed by atoms with Crippen LogP contribution < -0.4 is 13.7 Å². The van der Waals surface area contributed by atoms with Crippen molar-refractivity contribution in [3.63, 3.8) is 0 Å². The van der Waals surface area contributed by atoms with Crippen molar-refractivity contribution in [2.24, 2.45) is 0 Å². The molecule has 0 bridgehead atoms. The summed E-state index contributed by atoms with van der Waals surface area (Å²) in [4.78, 5) is -0.231. The van der Waals surface area contributed by atoms with E-state index in [2.05, 4.69) is 31.9 Å². The van der Waals surface area contributed by atoms with Gasteiger partial charge in [0.1, 0.15) is 10.1 Å². The maximum absolute atomic E-state index is 11.8. The quantitative estimate of drug-likeness (QED) is 0.302. The van der Waals surface area contributed by atoms with Crippen LogP contribution in [0.4, 0.5) is 0 Å². The molecular formula is C23H17N3O3S+2. The fourth-order valence-corrected chi connectivity index (χ4v) is 5.45. The molecule has 2 aliphatic heterocycles. The predicted octanol–water partition coefficient (Wildman–Crippen LogP) is 1.48. The Morgan fingerprint density at radius 1 is 0.800 bits per heavy atom. The Labute approximate surface area is 173 Å². The molecule has 146 valence electrons. The van der Waals surface area contributed by atoms with E-state index in [1.54, 1.807) is 6.20 Å². The second kappa shape index (κ2) is 5.59. The molecule has 1 atom stereocenters. The van der Waals surface area contributed by atoms with E-state index < -0.39 is 15.9 Å². The highest BCUT2D eigenvalue weighted by Crippen LogP contribution is 2.38. The van der Waals surface area contributed by atoms with E-state index in [0.717, 1.165) is 28.1 Å². The number of benzene rings is 1. The minimum atomic E-state index is -4.58. The highest BCUT2D eigenvalue weighted by Gasteiger charge is 2.74. The van der Waals surface area contributed by atoms with Crippen LogP contribution in [-0.4, -0.2) is 13.0 Å². The summed E-state index contributed by atoms with van der Waals surface area (Å²) >= 11 is 0. The molecule has 0 saturated carbocycles. The zero-order chi connectivity index (χ0) is 20.7. The molecule has 7 heteroatoms. The lowest BCUT2D eigenvalue weighted by molar-refractivity contribution is -1.13. The van der Waals surface area contributed by atoms with Gasteiger partial charge in [-0.15, -0.1) is 0 Å². The van der Waals surface area contributed by atoms with Crippen LogP contribution in [0.25, 0.3) is 22.6 Å². The third kappa shape index (κ3) is 1.96. The van der Waals surface area contributed by atoms with E-state index >= 15 is 0 Å². The first kappa shape index (κ1) is 17.4. The topological polar surface area (TPSA) is 68.8 Å². The fraction of sp³-hybridized carbons (Fsp3) is 0.0870. The Bertz CT molecular complexity index is 1450. The normalized spacial score (nSPS) is 18.1. The summed E-state index contributed by atoms with van der Waals surface area (Å²) in [5.41, 5.74) is 5.81. The van der Waals surface area contributed by atoms with Gasteiger partial charge in [0.2, 0.25) is 5.69 Å². The number of nitrogens with zero attached hydrogens (tertiary/aromatic N) is 3. The summed E-state index contributed by atoms with van der Waals surface area (Å²) in [6, 6.07) is 21.2. The van der Waals surface area contributed by atoms with E-state index in [4.69, 9.17) is 0 Å². The Balaban J connectivity index is 1.84. The average molecular weight is 415 g/mol. The molecule has 4 aromatic rings. The minimum Gasteiger partial charge on any atom is -0.744 e. The maximum atomic E-state index is 11.8. The molecule has 0 N–H and O–H groups in total. The first-order chi connectivity index (χ1) is 14.4. The van der Waals surface area contributed by atoms with Gasteiger partial charge in [0.25, 0.3) is 11.4 Å². The summed E-state index contributed by atoms with van der Waals surface area (Å²) in [6.45, 7) is 1.99. The molecule has 2 aliphatic rings. The molecule has 0 saturated heterocycles. The first-order valence-electron chi connectivity index (χ1n) is 9.59. The second-order valence-electron chi connectivity index (χ2n) is 7.62. The zero-order valence-electron chi connectivity index (χ0n) is 16.1. The van der Waals surface area contributed by atoms with Crippen molar-refractivity contribution in [1.29, 1.82) is 0 Å². The van der Waals surface area contributed by atoms with Gasteiger partial charge in [-0.2, -0.15) is 0 Å². The van der Waals surface area contributed by atoms with Crippen LogP contribution in [0.1, 0.15) is 11.1 Å². The van der Waals surface area contributed by atoms with Crippen molar-refractivity contribution >= 4 is 10.1 Å². The molecule has 1 unspecified atom stereocenters. The molecule has 3 aromatic heterocycles. The van der Waals surface area contributed by atoms with E-state index in [-0.39, 0.29) is 4.90 Å². The second-order valence-corrected chi connectivity index (χ2v) is 9.00. The summed E-state index contributed by atoms with van der Waals surface area (Å²) in [5.74, 6) is -0.769. The molecule has 0 amide bonds. The van der Waals surface area contributed by atoms with Crippen LogP contribution in [0.2, 0.25) is 0 Å². The van der Waals surface area contributed by atoms with Gasteiger partial charge >= 0.3 is 5.79 Å². The van der Waals surface area contributed by atoms with Crippen molar-refractivity contribution in [1.82, 2.24) is 0 Å². The van der Waals surface area contributed by atoms with Gasteiger partial charge in [0, 0.05) is 35.9 Å². The highest BCUT2D eigenvalue weighted by atomic mass is 32.2. The van der Waals surface area contributed by atoms with Crippen LogP contribution in [0.15, 0.2) is 90.2 Å². The molecule has 1 aromatic carbocycles. The average Bonchev–Trinajstić information content (AvgIpc) is 3.21. The molecule has 0 radical (unpaired) electrons. The van der Waals surface area contributed by atoms with Gasteiger partial charge in [0.05, 0.1) is 10.5 Å². The number of pyridine rings is 3. The van der Waals surface area contributed by atoms with Crippen molar-refractivity contribution in [3.05, 3.63) is 96.4 Å². The van der Waals surface area contributed by atoms with E-state index in [9.17, 15) is 13.0 Å². The molecule has 6 nitrogen and oxygen atoms in total. The molecule has 6 rings (SSSR count). The van der Waals surface area contributed by atoms with Crippen LogP contribution in [0.3, 0.4) is 0 Å². The monoisotopic (exact) mass is 415 g/mol. The van der Waals surface area contributed by atoms with Gasteiger partial charge in [-0.05, 0) is 31.2 Å². The summed E-state index contributed by atoms with van der Waals surface area (Å²) in [6.07, 6.45) is 5.75. The number of aryl methyl sites for hydroxylation is 1. The van der Waals surface area contributed by atoms with Crippen molar-refractivity contribution in [3.8, 4) is 22.6 Å². The number of aromatic nitrogens is 3. The molecular weight excluding hydrogens is 398 g/mol. The SMILES string of the molecule is Cc1ccc[n+]2c1-c1cc(S(=O)(=O)[O-])cc[n+]1C21c2ccccc2-c2cccc[n+]21. The minimum absolute atomic E-state index is 0.231. The lowest BCUT2D eigenvalue weighted by atomic mass is 10.0. The van der Waals surface area contributed by atoms with Crippen LogP contribution in [0, 0.1) is 6.92 Å². The molecule has 0 aliphatic carbocycles. The third-order valence-corrected chi connectivity index (χ3v) is 6.92. The molecule has 1 spiro atoms. The Hall–Kier alpha value is -3.42. The number of hydrogen-bond acceptors (Lipinski definition) is 3. The van der Waals surface area contributed by atoms with Crippen LogP contribution >= 0.6 is 0 Å². The summed E-state index contributed by atoms with van der Waals surface area (Å²) in [5, 5.41) is 0. The van der Waals surface area contributed by atoms with E-state index in [1.165, 1.54) is 12.1 Å². The number of fused-ring (bicyclic) bond motifs is 10. The molecule has 0 fully saturated rings. The van der Waals surface area contributed by atoms with Crippen LogP contribution in [0.5, 0.6) is 0 Å². The third-order valence-electron chi connectivity index (χ3n) is 6.09. The maximum Gasteiger partial charge on any atom is 0.591 e. The van der Waals surface area contributed by atoms with Crippen molar-refractivity contribution in [2.45, 2.75) is 17.6 Å². The standard InChI is InChI=1S/C23H17N3O3S/c1-16-7-6-13-26-22(16)21-15-17(30(27,28)29)11-14-25(21)23(26)19-9-3-2-8-18(19)20-10-4-5-12-24(20)23/h2-15H,1H3/q+2. The van der Waals surface area contributed by atoms with Gasteiger partial charge in [-0.3, -0.25) is 0 Å². The summed E-state index contributed by atoms with van der Waals surface area (Å²) in [7, 11) is -4.58. The van der Waals surface area contributed by atoms with Crippen LogP contribution in [-0.2, 0) is 15.9 Å². The Morgan fingerprint density at radius 3 is 2.37 bits per heavy atom. The van der Waals surface area contributed by atoms with Crippen molar-refractivity contribution in [2.75, 3.05) is 0 Å². The fourth-order valence-electron chi connectivity index (χ4n) is 4.96. The largest absolute Gasteiger partial charge is 0.744 e. The molecule has 30 heavy (non-hydrogen) atoms. The summed E-state index contributed by atoms with van der Waals surface area (Å²) < 4.78 is 41.7. The first-order valence-corrected chi connectivity index (χ1v) is 11.0. The Kier molecular flexibility index (Phi) is 3.25. The highest BCUT2D eigenvalue weighted by molar-refractivity contribution is 7.85. The van der Waals surface area contributed by atoms with Gasteiger partial charge in [0.15, 0.2) is 24.2 Å². The smallest absolute Gasteiger partial charge is 0.591 e. The van der Waals surface area contributed by atoms with E-state index in [0.29, 0.717) is 5.69 Å². The van der Waals surface area contributed by atoms with Crippen molar-refractivity contribution < 1.29 is 26.7 Å². The van der Waals surface area contributed by atoms with Gasteiger partial charge < -0.3 is 4.55 Å². The lowest BCUT2D eigenvalue weighted by Gasteiger charge is -2.11. The Morgan fingerprint density at radius 2 is 1.53 bits per heavy atom. The molecule has 5 heterocycles. The zero-order valence-corrected chi connectivity index (χ0v) is 16.9. The number of rotatable bonds is 1. The lowest BCUT2D eigenvalue weighted by Crippen LogP contribution is -2.83. The van der Waals surface area contributed by atoms with Gasteiger partial charge in [-0.1, -0.05) is 25.8 Å². The predicted molar refractivity (Wildman–Crippen MR) is 105 cm³/mol.